The van der Waals surface area contributed by atoms with Crippen molar-refractivity contribution in [2.24, 2.45) is 0 Å². The van der Waals surface area contributed by atoms with E-state index in [2.05, 4.69) is 10.3 Å². The van der Waals surface area contributed by atoms with E-state index in [4.69, 9.17) is 10.8 Å². The highest BCUT2D eigenvalue weighted by Gasteiger charge is 2.17. The van der Waals surface area contributed by atoms with Crippen molar-refractivity contribution in [2.45, 2.75) is 38.1 Å². The average Bonchev–Trinajstić information content (AvgIpc) is 2.33. The van der Waals surface area contributed by atoms with Crippen LogP contribution in [0, 0.1) is 0 Å². The molecule has 1 aliphatic carbocycles. The van der Waals surface area contributed by atoms with Gasteiger partial charge < -0.3 is 16.2 Å². The number of nitrogens with zero attached hydrogens (tertiary/aromatic N) is 1. The van der Waals surface area contributed by atoms with Crippen LogP contribution in [-0.4, -0.2) is 22.1 Å². The third-order valence-corrected chi connectivity index (χ3v) is 3.17. The number of pyridine rings is 1. The zero-order valence-corrected chi connectivity index (χ0v) is 9.65. The summed E-state index contributed by atoms with van der Waals surface area (Å²) in [5.74, 6) is -0.520. The van der Waals surface area contributed by atoms with E-state index in [1.54, 1.807) is 0 Å². The average molecular weight is 235 g/mol. The fraction of sp³-hybridized carbons (Fsp3) is 0.500. The minimum Gasteiger partial charge on any atom is -0.478 e. The molecule has 1 fully saturated rings. The Kier molecular flexibility index (Phi) is 3.46. The minimum absolute atomic E-state index is 0.110. The van der Waals surface area contributed by atoms with Gasteiger partial charge >= 0.3 is 5.97 Å². The van der Waals surface area contributed by atoms with E-state index in [-0.39, 0.29) is 11.3 Å². The number of carboxylic acid groups (broad SMARTS) is 1. The van der Waals surface area contributed by atoms with Crippen LogP contribution in [0.15, 0.2) is 12.3 Å². The standard InChI is InChI=1S/C12H17N3O2/c13-10-9(12(16)17)6-7-14-11(10)15-8-4-2-1-3-5-8/h6-8H,1-5,13H2,(H,14,15)(H,16,17). The van der Waals surface area contributed by atoms with Crippen LogP contribution in [0.2, 0.25) is 0 Å². The van der Waals surface area contributed by atoms with Crippen LogP contribution in [0.4, 0.5) is 11.5 Å². The zero-order valence-electron chi connectivity index (χ0n) is 9.65. The van der Waals surface area contributed by atoms with Crippen molar-refractivity contribution in [1.82, 2.24) is 4.98 Å². The second-order valence-electron chi connectivity index (χ2n) is 4.41. The summed E-state index contributed by atoms with van der Waals surface area (Å²) in [6, 6.07) is 1.78. The van der Waals surface area contributed by atoms with Gasteiger partial charge in [0.1, 0.15) is 5.82 Å². The molecule has 0 aliphatic heterocycles. The fourth-order valence-electron chi connectivity index (χ4n) is 2.22. The molecule has 92 valence electrons. The smallest absolute Gasteiger partial charge is 0.337 e. The largest absolute Gasteiger partial charge is 0.478 e. The van der Waals surface area contributed by atoms with Crippen LogP contribution >= 0.6 is 0 Å². The maximum absolute atomic E-state index is 10.9. The fourth-order valence-corrected chi connectivity index (χ4v) is 2.22. The first-order valence-corrected chi connectivity index (χ1v) is 5.93. The van der Waals surface area contributed by atoms with Gasteiger partial charge in [-0.15, -0.1) is 0 Å². The number of hydrogen-bond donors (Lipinski definition) is 3. The molecule has 0 bridgehead atoms. The summed E-state index contributed by atoms with van der Waals surface area (Å²) in [7, 11) is 0. The maximum Gasteiger partial charge on any atom is 0.337 e. The number of nitrogen functional groups attached to an aromatic ring is 1. The molecule has 1 aromatic heterocycles. The van der Waals surface area contributed by atoms with Crippen molar-refractivity contribution < 1.29 is 9.90 Å². The number of hydrogen-bond acceptors (Lipinski definition) is 4. The number of nitrogens with one attached hydrogen (secondary N) is 1. The Morgan fingerprint density at radius 3 is 2.76 bits per heavy atom. The molecule has 0 spiro atoms. The lowest BCUT2D eigenvalue weighted by molar-refractivity contribution is 0.0698. The molecule has 1 saturated carbocycles. The Morgan fingerprint density at radius 2 is 2.12 bits per heavy atom. The minimum atomic E-state index is -1.02. The number of anilines is 2. The van der Waals surface area contributed by atoms with E-state index in [0.717, 1.165) is 12.8 Å². The molecular weight excluding hydrogens is 218 g/mol. The van der Waals surface area contributed by atoms with Crippen LogP contribution in [-0.2, 0) is 0 Å². The summed E-state index contributed by atoms with van der Waals surface area (Å²) in [5, 5.41) is 12.2. The highest BCUT2D eigenvalue weighted by molar-refractivity contribution is 5.96. The quantitative estimate of drug-likeness (QED) is 0.746. The monoisotopic (exact) mass is 235 g/mol. The van der Waals surface area contributed by atoms with Crippen molar-refractivity contribution >= 4 is 17.5 Å². The molecule has 2 rings (SSSR count). The van der Waals surface area contributed by atoms with E-state index in [0.29, 0.717) is 11.9 Å². The molecule has 1 aromatic rings. The number of nitrogens with two attached hydrogens (primary N) is 1. The Bertz CT molecular complexity index is 414. The van der Waals surface area contributed by atoms with E-state index >= 15 is 0 Å². The normalized spacial score (nSPS) is 16.7. The molecule has 0 aromatic carbocycles. The first-order valence-electron chi connectivity index (χ1n) is 5.93. The zero-order chi connectivity index (χ0) is 12.3. The summed E-state index contributed by atoms with van der Waals surface area (Å²) < 4.78 is 0. The van der Waals surface area contributed by atoms with E-state index in [9.17, 15) is 4.79 Å². The molecule has 0 atom stereocenters. The number of rotatable bonds is 3. The first kappa shape index (κ1) is 11.7. The molecule has 17 heavy (non-hydrogen) atoms. The van der Waals surface area contributed by atoms with E-state index in [1.807, 2.05) is 0 Å². The lowest BCUT2D eigenvalue weighted by Gasteiger charge is -2.24. The Labute approximate surface area is 100 Å². The summed E-state index contributed by atoms with van der Waals surface area (Å²) >= 11 is 0. The summed E-state index contributed by atoms with van der Waals surface area (Å²) in [6.07, 6.45) is 7.35. The van der Waals surface area contributed by atoms with Crippen LogP contribution in [0.25, 0.3) is 0 Å². The lowest BCUT2D eigenvalue weighted by Crippen LogP contribution is -2.24. The van der Waals surface area contributed by atoms with Crippen molar-refractivity contribution in [3.8, 4) is 0 Å². The molecule has 1 aliphatic rings. The van der Waals surface area contributed by atoms with Gasteiger partial charge in [0.05, 0.1) is 11.3 Å². The second-order valence-corrected chi connectivity index (χ2v) is 4.41. The molecule has 0 radical (unpaired) electrons. The molecule has 0 saturated heterocycles. The third-order valence-electron chi connectivity index (χ3n) is 3.17. The van der Waals surface area contributed by atoms with Crippen molar-refractivity contribution in [3.05, 3.63) is 17.8 Å². The van der Waals surface area contributed by atoms with Gasteiger partial charge in [-0.1, -0.05) is 19.3 Å². The van der Waals surface area contributed by atoms with E-state index < -0.39 is 5.97 Å². The maximum atomic E-state index is 10.9. The topological polar surface area (TPSA) is 88.2 Å². The van der Waals surface area contributed by atoms with Crippen molar-refractivity contribution in [3.63, 3.8) is 0 Å². The van der Waals surface area contributed by atoms with Crippen LogP contribution in [0.5, 0.6) is 0 Å². The van der Waals surface area contributed by atoms with E-state index in [1.165, 1.54) is 31.5 Å². The number of aromatic carboxylic acids is 1. The Morgan fingerprint density at radius 1 is 1.41 bits per heavy atom. The second kappa shape index (κ2) is 5.03. The SMILES string of the molecule is Nc1c(C(=O)O)ccnc1NC1CCCCC1. The van der Waals surface area contributed by atoms with Gasteiger partial charge in [-0.2, -0.15) is 0 Å². The number of carbonyl (C=O) groups is 1. The van der Waals surface area contributed by atoms with Crippen LogP contribution in [0.1, 0.15) is 42.5 Å². The van der Waals surface area contributed by atoms with Crippen molar-refractivity contribution in [1.29, 1.82) is 0 Å². The van der Waals surface area contributed by atoms with Crippen molar-refractivity contribution in [2.75, 3.05) is 11.1 Å². The van der Waals surface area contributed by atoms with Gasteiger partial charge in [0.15, 0.2) is 0 Å². The molecule has 4 N–H and O–H groups in total. The summed E-state index contributed by atoms with van der Waals surface area (Å²) in [4.78, 5) is 15.0. The molecule has 5 nitrogen and oxygen atoms in total. The first-order chi connectivity index (χ1) is 8.18. The summed E-state index contributed by atoms with van der Waals surface area (Å²) in [5.41, 5.74) is 6.13. The van der Waals surface area contributed by atoms with Gasteiger partial charge in [0.2, 0.25) is 0 Å². The highest BCUT2D eigenvalue weighted by atomic mass is 16.4. The van der Waals surface area contributed by atoms with Gasteiger partial charge in [0, 0.05) is 12.2 Å². The third kappa shape index (κ3) is 2.67. The molecule has 1 heterocycles. The highest BCUT2D eigenvalue weighted by Crippen LogP contribution is 2.25. The molecule has 5 heteroatoms. The van der Waals surface area contributed by atoms with Crippen LogP contribution in [0.3, 0.4) is 0 Å². The van der Waals surface area contributed by atoms with Gasteiger partial charge in [0.25, 0.3) is 0 Å². The molecular formula is C12H17N3O2. The van der Waals surface area contributed by atoms with Gasteiger partial charge in [-0.25, -0.2) is 9.78 Å². The molecule has 0 unspecified atom stereocenters. The molecule has 0 amide bonds. The Balaban J connectivity index is 2.15. The van der Waals surface area contributed by atoms with Gasteiger partial charge in [-0.3, -0.25) is 0 Å². The summed E-state index contributed by atoms with van der Waals surface area (Å²) in [6.45, 7) is 0. The number of aromatic nitrogens is 1. The predicted molar refractivity (Wildman–Crippen MR) is 66.1 cm³/mol. The Hall–Kier alpha value is -1.78. The van der Waals surface area contributed by atoms with Gasteiger partial charge in [-0.05, 0) is 18.9 Å². The number of carboxylic acids is 1. The lowest BCUT2D eigenvalue weighted by atomic mass is 9.95. The van der Waals surface area contributed by atoms with Crippen LogP contribution < -0.4 is 11.1 Å². The predicted octanol–water partition coefficient (Wildman–Crippen LogP) is 2.11.